The molecule has 2 aliphatic rings. The van der Waals surface area contributed by atoms with Crippen molar-refractivity contribution in [2.45, 2.75) is 58.8 Å². The highest BCUT2D eigenvalue weighted by Crippen LogP contribution is 2.58. The Labute approximate surface area is 105 Å². The van der Waals surface area contributed by atoms with Crippen LogP contribution in [0.15, 0.2) is 18.2 Å². The Morgan fingerprint density at radius 1 is 1.12 bits per heavy atom. The average Bonchev–Trinajstić information content (AvgIpc) is 2.53. The average molecular weight is 228 g/mol. The Morgan fingerprint density at radius 2 is 1.88 bits per heavy atom. The molecular weight excluding hydrogens is 204 g/mol. The lowest BCUT2D eigenvalue weighted by atomic mass is 9.57. The van der Waals surface area contributed by atoms with Gasteiger partial charge in [-0.1, -0.05) is 51.0 Å². The molecule has 0 saturated heterocycles. The molecule has 1 aromatic carbocycles. The van der Waals surface area contributed by atoms with Crippen LogP contribution in [0.1, 0.15) is 56.7 Å². The monoisotopic (exact) mass is 228 g/mol. The van der Waals surface area contributed by atoms with Crippen LogP contribution in [0.4, 0.5) is 0 Å². The third-order valence-electron chi connectivity index (χ3n) is 5.53. The maximum Gasteiger partial charge on any atom is -0.00359 e. The minimum absolute atomic E-state index is 0.448. The normalized spacial score (nSPS) is 34.2. The summed E-state index contributed by atoms with van der Waals surface area (Å²) in [5.74, 6) is 0.848. The molecule has 92 valence electrons. The van der Waals surface area contributed by atoms with E-state index in [0.29, 0.717) is 10.8 Å². The Morgan fingerprint density at radius 3 is 2.65 bits per heavy atom. The van der Waals surface area contributed by atoms with Crippen molar-refractivity contribution in [1.29, 1.82) is 0 Å². The molecule has 0 unspecified atom stereocenters. The van der Waals surface area contributed by atoms with Crippen molar-refractivity contribution in [2.24, 2.45) is 11.3 Å². The molecular formula is C17H24. The molecule has 0 radical (unpaired) electrons. The molecule has 0 aromatic heterocycles. The van der Waals surface area contributed by atoms with E-state index in [2.05, 4.69) is 45.9 Å². The van der Waals surface area contributed by atoms with Gasteiger partial charge in [0.1, 0.15) is 0 Å². The smallest absolute Gasteiger partial charge is 0.00359 e. The van der Waals surface area contributed by atoms with Gasteiger partial charge in [-0.3, -0.25) is 0 Å². The summed E-state index contributed by atoms with van der Waals surface area (Å²) >= 11 is 0. The molecule has 0 N–H and O–H groups in total. The zero-order valence-electron chi connectivity index (χ0n) is 11.6. The minimum atomic E-state index is 0.448. The van der Waals surface area contributed by atoms with E-state index in [-0.39, 0.29) is 0 Å². The van der Waals surface area contributed by atoms with Crippen LogP contribution in [-0.2, 0) is 11.8 Å². The van der Waals surface area contributed by atoms with E-state index < -0.39 is 0 Å². The quantitative estimate of drug-likeness (QED) is 0.607. The van der Waals surface area contributed by atoms with Crippen LogP contribution in [-0.4, -0.2) is 0 Å². The van der Waals surface area contributed by atoms with Gasteiger partial charge in [-0.25, -0.2) is 0 Å². The molecule has 3 rings (SSSR count). The van der Waals surface area contributed by atoms with Crippen molar-refractivity contribution < 1.29 is 0 Å². The Hall–Kier alpha value is -0.780. The number of rotatable bonds is 0. The summed E-state index contributed by atoms with van der Waals surface area (Å²) in [5, 5.41) is 0. The molecule has 1 aromatic rings. The van der Waals surface area contributed by atoms with Crippen LogP contribution in [0.2, 0.25) is 0 Å². The molecule has 0 amide bonds. The molecule has 0 bridgehead atoms. The largest absolute Gasteiger partial charge is 0.0596 e. The fourth-order valence-corrected chi connectivity index (χ4v) is 4.57. The van der Waals surface area contributed by atoms with Crippen LogP contribution in [0.5, 0.6) is 0 Å². The van der Waals surface area contributed by atoms with Gasteiger partial charge >= 0.3 is 0 Å². The van der Waals surface area contributed by atoms with E-state index in [1.165, 1.54) is 31.2 Å². The lowest BCUT2D eigenvalue weighted by Gasteiger charge is -2.47. The van der Waals surface area contributed by atoms with Gasteiger partial charge in [0, 0.05) is 0 Å². The van der Waals surface area contributed by atoms with Gasteiger partial charge in [0.05, 0.1) is 0 Å². The summed E-state index contributed by atoms with van der Waals surface area (Å²) in [5.41, 5.74) is 5.67. The standard InChI is InChI=1S/C17H24/c1-12-6-7-13-11-15-16(2,3)8-5-9-17(15,4)14(13)10-12/h6-7,10,15H,5,8-9,11H2,1-4H3/t15-,17-/m0/s1. The van der Waals surface area contributed by atoms with Gasteiger partial charge in [0.2, 0.25) is 0 Å². The summed E-state index contributed by atoms with van der Waals surface area (Å²) in [4.78, 5) is 0. The first-order valence-corrected chi connectivity index (χ1v) is 7.03. The van der Waals surface area contributed by atoms with Crippen molar-refractivity contribution in [3.63, 3.8) is 0 Å². The fraction of sp³-hybridized carbons (Fsp3) is 0.647. The van der Waals surface area contributed by atoms with E-state index >= 15 is 0 Å². The van der Waals surface area contributed by atoms with Gasteiger partial charge in [-0.05, 0) is 54.1 Å². The van der Waals surface area contributed by atoms with Gasteiger partial charge in [0.25, 0.3) is 0 Å². The third kappa shape index (κ3) is 1.49. The predicted molar refractivity (Wildman–Crippen MR) is 73.4 cm³/mol. The number of hydrogen-bond donors (Lipinski definition) is 0. The van der Waals surface area contributed by atoms with Gasteiger partial charge in [-0.15, -0.1) is 0 Å². The topological polar surface area (TPSA) is 0 Å². The van der Waals surface area contributed by atoms with E-state index in [4.69, 9.17) is 0 Å². The second-order valence-corrected chi connectivity index (χ2v) is 7.18. The summed E-state index contributed by atoms with van der Waals surface area (Å²) in [6.45, 7) is 9.70. The summed E-state index contributed by atoms with van der Waals surface area (Å²) in [6.07, 6.45) is 5.49. The second kappa shape index (κ2) is 3.37. The number of benzene rings is 1. The molecule has 1 fully saturated rings. The van der Waals surface area contributed by atoms with Crippen LogP contribution in [0.3, 0.4) is 0 Å². The zero-order chi connectivity index (χ0) is 12.3. The molecule has 2 atom stereocenters. The molecule has 17 heavy (non-hydrogen) atoms. The van der Waals surface area contributed by atoms with Crippen molar-refractivity contribution >= 4 is 0 Å². The van der Waals surface area contributed by atoms with Crippen LogP contribution in [0.25, 0.3) is 0 Å². The predicted octanol–water partition coefficient (Wildman–Crippen LogP) is 4.64. The van der Waals surface area contributed by atoms with Crippen molar-refractivity contribution in [3.05, 3.63) is 34.9 Å². The van der Waals surface area contributed by atoms with Crippen molar-refractivity contribution in [2.75, 3.05) is 0 Å². The first-order chi connectivity index (χ1) is 7.93. The lowest BCUT2D eigenvalue weighted by Crippen LogP contribution is -2.42. The minimum Gasteiger partial charge on any atom is -0.0596 e. The van der Waals surface area contributed by atoms with Gasteiger partial charge < -0.3 is 0 Å². The van der Waals surface area contributed by atoms with E-state index in [1.54, 1.807) is 11.1 Å². The number of fused-ring (bicyclic) bond motifs is 3. The Kier molecular flexibility index (Phi) is 2.24. The lowest BCUT2D eigenvalue weighted by molar-refractivity contribution is 0.0702. The highest BCUT2D eigenvalue weighted by Gasteiger charge is 2.51. The zero-order valence-corrected chi connectivity index (χ0v) is 11.6. The fourth-order valence-electron chi connectivity index (χ4n) is 4.57. The highest BCUT2D eigenvalue weighted by atomic mass is 14.6. The maximum atomic E-state index is 2.52. The third-order valence-corrected chi connectivity index (χ3v) is 5.53. The van der Waals surface area contributed by atoms with Crippen LogP contribution in [0, 0.1) is 18.3 Å². The summed E-state index contributed by atoms with van der Waals surface area (Å²) < 4.78 is 0. The van der Waals surface area contributed by atoms with Crippen LogP contribution >= 0.6 is 0 Å². The van der Waals surface area contributed by atoms with E-state index in [1.807, 2.05) is 0 Å². The first-order valence-electron chi connectivity index (χ1n) is 7.03. The molecule has 0 spiro atoms. The van der Waals surface area contributed by atoms with Crippen LogP contribution < -0.4 is 0 Å². The van der Waals surface area contributed by atoms with E-state index in [9.17, 15) is 0 Å². The molecule has 0 aliphatic heterocycles. The molecule has 0 heteroatoms. The summed E-state index contributed by atoms with van der Waals surface area (Å²) in [7, 11) is 0. The second-order valence-electron chi connectivity index (χ2n) is 7.18. The number of hydrogen-bond acceptors (Lipinski definition) is 0. The van der Waals surface area contributed by atoms with Gasteiger partial charge in [-0.2, -0.15) is 0 Å². The molecule has 0 nitrogen and oxygen atoms in total. The molecule has 1 saturated carbocycles. The van der Waals surface area contributed by atoms with Crippen molar-refractivity contribution in [3.8, 4) is 0 Å². The summed E-state index contributed by atoms with van der Waals surface area (Å²) in [6, 6.07) is 7.12. The van der Waals surface area contributed by atoms with Crippen molar-refractivity contribution in [1.82, 2.24) is 0 Å². The molecule has 2 aliphatic carbocycles. The highest BCUT2D eigenvalue weighted by molar-refractivity contribution is 5.43. The van der Waals surface area contributed by atoms with Gasteiger partial charge in [0.15, 0.2) is 0 Å². The first kappa shape index (κ1) is 11.3. The Balaban J connectivity index is 2.13. The number of aryl methyl sites for hydroxylation is 1. The Bertz CT molecular complexity index is 455. The maximum absolute atomic E-state index is 2.52. The molecule has 0 heterocycles. The SMILES string of the molecule is Cc1ccc2c(c1)[C@]1(C)CCCC(C)(C)[C@@H]1C2. The van der Waals surface area contributed by atoms with E-state index in [0.717, 1.165) is 5.92 Å².